The third-order valence-electron chi connectivity index (χ3n) is 4.15. The molecule has 0 saturated heterocycles. The average Bonchev–Trinajstić information content (AvgIpc) is 3.32. The van der Waals surface area contributed by atoms with E-state index in [1.807, 2.05) is 41.0 Å². The fourth-order valence-electron chi connectivity index (χ4n) is 2.96. The number of ketones is 1. The first-order valence-electron chi connectivity index (χ1n) is 8.13. The number of rotatable bonds is 5. The molecule has 0 saturated carbocycles. The average molecular weight is 380 g/mol. The number of benzene rings is 2. The van der Waals surface area contributed by atoms with Gasteiger partial charge in [0.25, 0.3) is 0 Å². The van der Waals surface area contributed by atoms with Crippen LogP contribution in [-0.2, 0) is 6.54 Å². The molecule has 134 valence electrons. The zero-order valence-electron chi connectivity index (χ0n) is 14.0. The second-order valence-corrected chi connectivity index (χ2v) is 6.33. The number of aliphatic hydroxyl groups excluding tert-OH is 1. The van der Waals surface area contributed by atoms with Crippen LogP contribution >= 0.6 is 11.6 Å². The predicted molar refractivity (Wildman–Crippen MR) is 102 cm³/mol. The number of fused-ring (bicyclic) bond motifs is 1. The zero-order valence-corrected chi connectivity index (χ0v) is 14.8. The Morgan fingerprint density at radius 1 is 1.19 bits per heavy atom. The van der Waals surface area contributed by atoms with Gasteiger partial charge in [0.1, 0.15) is 5.76 Å². The van der Waals surface area contributed by atoms with Crippen molar-refractivity contribution >= 4 is 34.0 Å². The fourth-order valence-corrected chi connectivity index (χ4v) is 3.24. The van der Waals surface area contributed by atoms with Crippen molar-refractivity contribution in [3.8, 4) is 0 Å². The van der Waals surface area contributed by atoms with Crippen LogP contribution in [0.5, 0.6) is 0 Å². The SMILES string of the molecule is O=C(C=C(O)c1cn(Cc2ccccc2)c2c(Cl)cccc12)c1nn[nH]n1. The number of hydrogen-bond donors (Lipinski definition) is 2. The van der Waals surface area contributed by atoms with Crippen LogP contribution in [0.25, 0.3) is 16.7 Å². The fraction of sp³-hybridized carbons (Fsp3) is 0.0526. The van der Waals surface area contributed by atoms with Crippen molar-refractivity contribution < 1.29 is 9.90 Å². The van der Waals surface area contributed by atoms with E-state index in [0.717, 1.165) is 22.5 Å². The molecule has 2 N–H and O–H groups in total. The zero-order chi connectivity index (χ0) is 18.8. The summed E-state index contributed by atoms with van der Waals surface area (Å²) in [6, 6.07) is 15.3. The number of tetrazole rings is 1. The molecule has 0 atom stereocenters. The Kier molecular flexibility index (Phi) is 4.43. The second-order valence-electron chi connectivity index (χ2n) is 5.92. The van der Waals surface area contributed by atoms with Gasteiger partial charge in [-0.25, -0.2) is 0 Å². The first kappa shape index (κ1) is 17.0. The Morgan fingerprint density at radius 2 is 2.00 bits per heavy atom. The minimum absolute atomic E-state index is 0.118. The Hall–Kier alpha value is -3.45. The number of hydrogen-bond acceptors (Lipinski definition) is 5. The largest absolute Gasteiger partial charge is 0.507 e. The van der Waals surface area contributed by atoms with Crippen LogP contribution in [0.4, 0.5) is 0 Å². The van der Waals surface area contributed by atoms with Crippen molar-refractivity contribution in [2.75, 3.05) is 0 Å². The molecule has 4 rings (SSSR count). The van der Waals surface area contributed by atoms with Crippen LogP contribution in [0.15, 0.2) is 60.8 Å². The van der Waals surface area contributed by atoms with E-state index in [2.05, 4.69) is 20.6 Å². The molecular formula is C19H14ClN5O2. The molecule has 27 heavy (non-hydrogen) atoms. The number of carbonyl (C=O) groups is 1. The molecule has 7 nitrogen and oxygen atoms in total. The number of para-hydroxylation sites is 1. The topological polar surface area (TPSA) is 96.7 Å². The summed E-state index contributed by atoms with van der Waals surface area (Å²) in [6.45, 7) is 0.577. The van der Waals surface area contributed by atoms with E-state index in [1.54, 1.807) is 18.3 Å². The molecule has 2 heterocycles. The molecule has 0 unspecified atom stereocenters. The molecule has 0 spiro atoms. The Balaban J connectivity index is 1.79. The first-order chi connectivity index (χ1) is 13.1. The van der Waals surface area contributed by atoms with Gasteiger partial charge >= 0.3 is 0 Å². The molecule has 8 heteroatoms. The Labute approximate surface area is 158 Å². The van der Waals surface area contributed by atoms with Gasteiger partial charge in [0, 0.05) is 29.8 Å². The molecule has 0 aliphatic rings. The Morgan fingerprint density at radius 3 is 2.74 bits per heavy atom. The quantitative estimate of drug-likeness (QED) is 0.313. The summed E-state index contributed by atoms with van der Waals surface area (Å²) >= 11 is 6.41. The highest BCUT2D eigenvalue weighted by atomic mass is 35.5. The van der Waals surface area contributed by atoms with Crippen molar-refractivity contribution in [3.63, 3.8) is 0 Å². The number of nitrogens with one attached hydrogen (secondary N) is 1. The standard InChI is InChI=1S/C19H14ClN5O2/c20-15-8-4-7-13-14(16(26)9-17(27)19-21-23-24-22-19)11-25(18(13)15)10-12-5-2-1-3-6-12/h1-9,11,26H,10H2,(H,21,22,23,24). The number of aliphatic hydroxyl groups is 1. The lowest BCUT2D eigenvalue weighted by atomic mass is 10.1. The van der Waals surface area contributed by atoms with E-state index in [-0.39, 0.29) is 11.6 Å². The molecule has 2 aromatic carbocycles. The molecule has 0 aliphatic heterocycles. The first-order valence-corrected chi connectivity index (χ1v) is 8.51. The molecule has 0 amide bonds. The van der Waals surface area contributed by atoms with Gasteiger partial charge < -0.3 is 9.67 Å². The van der Waals surface area contributed by atoms with Crippen LogP contribution in [0.1, 0.15) is 21.7 Å². The van der Waals surface area contributed by atoms with Gasteiger partial charge in [0.15, 0.2) is 0 Å². The summed E-state index contributed by atoms with van der Waals surface area (Å²) in [4.78, 5) is 12.1. The number of allylic oxidation sites excluding steroid dienone is 1. The van der Waals surface area contributed by atoms with Gasteiger partial charge in [-0.05, 0) is 16.8 Å². The van der Waals surface area contributed by atoms with E-state index in [1.165, 1.54) is 0 Å². The number of carbonyl (C=O) groups excluding carboxylic acids is 1. The van der Waals surface area contributed by atoms with Gasteiger partial charge in [-0.2, -0.15) is 5.21 Å². The van der Waals surface area contributed by atoms with Gasteiger partial charge in [0.2, 0.25) is 11.6 Å². The maximum absolute atomic E-state index is 12.1. The van der Waals surface area contributed by atoms with Crippen LogP contribution in [0.3, 0.4) is 0 Å². The lowest BCUT2D eigenvalue weighted by Crippen LogP contribution is -1.99. The van der Waals surface area contributed by atoms with E-state index in [0.29, 0.717) is 17.1 Å². The van der Waals surface area contributed by atoms with Crippen LogP contribution in [0.2, 0.25) is 5.02 Å². The summed E-state index contributed by atoms with van der Waals surface area (Å²) in [7, 11) is 0. The van der Waals surface area contributed by atoms with Crippen molar-refractivity contribution in [1.29, 1.82) is 0 Å². The summed E-state index contributed by atoms with van der Waals surface area (Å²) in [5.41, 5.74) is 2.37. The lowest BCUT2D eigenvalue weighted by Gasteiger charge is -2.06. The molecule has 0 fully saturated rings. The maximum Gasteiger partial charge on any atom is 0.244 e. The minimum atomic E-state index is -0.549. The summed E-state index contributed by atoms with van der Waals surface area (Å²) < 4.78 is 1.95. The molecule has 0 radical (unpaired) electrons. The van der Waals surface area contributed by atoms with Gasteiger partial charge in [-0.3, -0.25) is 4.79 Å². The number of nitrogens with zero attached hydrogens (tertiary/aromatic N) is 4. The highest BCUT2D eigenvalue weighted by molar-refractivity contribution is 6.35. The van der Waals surface area contributed by atoms with E-state index in [9.17, 15) is 9.90 Å². The highest BCUT2D eigenvalue weighted by Gasteiger charge is 2.17. The van der Waals surface area contributed by atoms with Crippen molar-refractivity contribution in [1.82, 2.24) is 25.2 Å². The number of H-pyrrole nitrogens is 1. The normalized spacial score (nSPS) is 11.8. The summed E-state index contributed by atoms with van der Waals surface area (Å²) in [5.74, 6) is -0.858. The summed E-state index contributed by atoms with van der Waals surface area (Å²) in [5, 5.41) is 24.7. The van der Waals surface area contributed by atoms with Crippen LogP contribution < -0.4 is 0 Å². The van der Waals surface area contributed by atoms with Gasteiger partial charge in [-0.15, -0.1) is 10.2 Å². The second kappa shape index (κ2) is 7.05. The smallest absolute Gasteiger partial charge is 0.244 e. The summed E-state index contributed by atoms with van der Waals surface area (Å²) in [6.07, 6.45) is 2.85. The lowest BCUT2D eigenvalue weighted by molar-refractivity contribution is 0.103. The van der Waals surface area contributed by atoms with E-state index in [4.69, 9.17) is 11.6 Å². The van der Waals surface area contributed by atoms with Crippen molar-refractivity contribution in [3.05, 3.63) is 82.8 Å². The van der Waals surface area contributed by atoms with Crippen LogP contribution in [-0.4, -0.2) is 36.1 Å². The molecule has 0 bridgehead atoms. The maximum atomic E-state index is 12.1. The number of aromatic nitrogens is 5. The predicted octanol–water partition coefficient (Wildman–Crippen LogP) is 3.64. The molecule has 4 aromatic rings. The van der Waals surface area contributed by atoms with Crippen molar-refractivity contribution in [2.24, 2.45) is 0 Å². The highest BCUT2D eigenvalue weighted by Crippen LogP contribution is 2.32. The Bertz CT molecular complexity index is 1130. The third-order valence-corrected chi connectivity index (χ3v) is 4.46. The van der Waals surface area contributed by atoms with E-state index >= 15 is 0 Å². The number of aromatic amines is 1. The molecule has 0 aliphatic carbocycles. The monoisotopic (exact) mass is 379 g/mol. The van der Waals surface area contributed by atoms with Crippen molar-refractivity contribution in [2.45, 2.75) is 6.54 Å². The van der Waals surface area contributed by atoms with Crippen LogP contribution in [0, 0.1) is 0 Å². The number of halogens is 1. The third kappa shape index (κ3) is 3.32. The van der Waals surface area contributed by atoms with E-state index < -0.39 is 5.78 Å². The van der Waals surface area contributed by atoms with Gasteiger partial charge in [-0.1, -0.05) is 54.1 Å². The molecule has 2 aromatic heterocycles. The van der Waals surface area contributed by atoms with Gasteiger partial charge in [0.05, 0.1) is 10.5 Å². The minimum Gasteiger partial charge on any atom is -0.507 e. The molecular weight excluding hydrogens is 366 g/mol.